The number of nitrogens with two attached hydrogens (primary N) is 1. The van der Waals surface area contributed by atoms with Gasteiger partial charge in [0.25, 0.3) is 0 Å². The first-order valence-electron chi connectivity index (χ1n) is 6.45. The van der Waals surface area contributed by atoms with Gasteiger partial charge < -0.3 is 15.6 Å². The zero-order valence-corrected chi connectivity index (χ0v) is 12.2. The van der Waals surface area contributed by atoms with Crippen LogP contribution in [0.1, 0.15) is 32.9 Å². The van der Waals surface area contributed by atoms with Gasteiger partial charge in [0.05, 0.1) is 11.4 Å². The molecule has 110 valence electrons. The third-order valence-corrected chi connectivity index (χ3v) is 3.10. The molecule has 0 bridgehead atoms. The van der Waals surface area contributed by atoms with Gasteiger partial charge in [0, 0.05) is 0 Å². The van der Waals surface area contributed by atoms with E-state index in [1.807, 2.05) is 32.0 Å². The van der Waals surface area contributed by atoms with Gasteiger partial charge in [-0.15, -0.1) is 0 Å². The summed E-state index contributed by atoms with van der Waals surface area (Å²) in [5.74, 6) is -0.356. The van der Waals surface area contributed by atoms with Crippen molar-refractivity contribution in [2.45, 2.75) is 27.4 Å². The number of hydrogen-bond acceptors (Lipinski definition) is 5. The van der Waals surface area contributed by atoms with Crippen molar-refractivity contribution < 1.29 is 14.6 Å². The lowest BCUT2D eigenvalue weighted by Crippen LogP contribution is -2.14. The lowest BCUT2D eigenvalue weighted by molar-refractivity contribution is 0.0691. The summed E-state index contributed by atoms with van der Waals surface area (Å²) in [5.41, 5.74) is 8.25. The largest absolute Gasteiger partial charge is 0.487 e. The average Bonchev–Trinajstić information content (AvgIpc) is 2.38. The van der Waals surface area contributed by atoms with E-state index in [9.17, 15) is 9.90 Å². The number of ether oxygens (including phenoxy) is 1. The van der Waals surface area contributed by atoms with Gasteiger partial charge in [0.2, 0.25) is 5.95 Å². The van der Waals surface area contributed by atoms with Crippen molar-refractivity contribution in [3.63, 3.8) is 0 Å². The Bertz CT molecular complexity index is 699. The first-order valence-corrected chi connectivity index (χ1v) is 6.45. The minimum absolute atomic E-state index is 0.0273. The Balaban J connectivity index is 2.31. The Labute approximate surface area is 122 Å². The van der Waals surface area contributed by atoms with Crippen molar-refractivity contribution in [2.24, 2.45) is 0 Å². The second kappa shape index (κ2) is 5.78. The first-order chi connectivity index (χ1) is 9.88. The van der Waals surface area contributed by atoms with E-state index in [1.165, 1.54) is 0 Å². The molecule has 3 N–H and O–H groups in total. The summed E-state index contributed by atoms with van der Waals surface area (Å²) in [4.78, 5) is 19.2. The fourth-order valence-electron chi connectivity index (χ4n) is 2.05. The van der Waals surface area contributed by atoms with E-state index in [0.29, 0.717) is 11.4 Å². The second-order valence-corrected chi connectivity index (χ2v) is 4.85. The number of nitrogen functional groups attached to an aromatic ring is 1. The highest BCUT2D eigenvalue weighted by Gasteiger charge is 2.18. The standard InChI is InChI=1S/C15H17N3O3/c1-8-4-5-9(2)12(6-8)21-7-11-13(14(19)20)10(3)17-15(16)18-11/h4-6H,7H2,1-3H3,(H,19,20)(H2,16,17,18). The highest BCUT2D eigenvalue weighted by Crippen LogP contribution is 2.21. The Morgan fingerprint density at radius 1 is 1.29 bits per heavy atom. The van der Waals surface area contributed by atoms with Crippen LogP contribution in [-0.4, -0.2) is 21.0 Å². The summed E-state index contributed by atoms with van der Waals surface area (Å²) in [6.07, 6.45) is 0. The van der Waals surface area contributed by atoms with Gasteiger partial charge in [-0.2, -0.15) is 0 Å². The number of aromatic nitrogens is 2. The van der Waals surface area contributed by atoms with Crippen LogP contribution >= 0.6 is 0 Å². The maximum Gasteiger partial charge on any atom is 0.339 e. The number of nitrogens with zero attached hydrogens (tertiary/aromatic N) is 2. The van der Waals surface area contributed by atoms with Crippen molar-refractivity contribution >= 4 is 11.9 Å². The first kappa shape index (κ1) is 14.8. The molecule has 6 nitrogen and oxygen atoms in total. The van der Waals surface area contributed by atoms with Crippen LogP contribution < -0.4 is 10.5 Å². The molecule has 0 spiro atoms. The van der Waals surface area contributed by atoms with Crippen LogP contribution in [0.2, 0.25) is 0 Å². The lowest BCUT2D eigenvalue weighted by atomic mass is 10.1. The molecule has 6 heteroatoms. The van der Waals surface area contributed by atoms with E-state index in [1.54, 1.807) is 6.92 Å². The molecule has 0 fully saturated rings. The number of carbonyl (C=O) groups is 1. The predicted octanol–water partition coefficient (Wildman–Crippen LogP) is 2.26. The molecule has 21 heavy (non-hydrogen) atoms. The number of aryl methyl sites for hydroxylation is 3. The van der Waals surface area contributed by atoms with Crippen LogP contribution in [0.15, 0.2) is 18.2 Å². The summed E-state index contributed by atoms with van der Waals surface area (Å²) in [7, 11) is 0. The smallest absolute Gasteiger partial charge is 0.339 e. The molecule has 0 aliphatic rings. The van der Waals surface area contributed by atoms with Crippen molar-refractivity contribution in [1.82, 2.24) is 9.97 Å². The van der Waals surface area contributed by atoms with Gasteiger partial charge in [0.15, 0.2) is 0 Å². The number of carboxylic acid groups (broad SMARTS) is 1. The molecule has 1 aromatic heterocycles. The lowest BCUT2D eigenvalue weighted by Gasteiger charge is -2.12. The molecule has 1 aromatic carbocycles. The molecule has 0 unspecified atom stereocenters. The highest BCUT2D eigenvalue weighted by atomic mass is 16.5. The van der Waals surface area contributed by atoms with Crippen molar-refractivity contribution in [3.8, 4) is 5.75 Å². The topological polar surface area (TPSA) is 98.3 Å². The second-order valence-electron chi connectivity index (χ2n) is 4.85. The Morgan fingerprint density at radius 2 is 2.00 bits per heavy atom. The van der Waals surface area contributed by atoms with Crippen LogP contribution in [0.3, 0.4) is 0 Å². The van der Waals surface area contributed by atoms with Gasteiger partial charge in [-0.3, -0.25) is 0 Å². The maximum absolute atomic E-state index is 11.3. The quantitative estimate of drug-likeness (QED) is 0.895. The van der Waals surface area contributed by atoms with Crippen LogP contribution in [0.25, 0.3) is 0 Å². The number of anilines is 1. The van der Waals surface area contributed by atoms with Gasteiger partial charge in [0.1, 0.15) is 17.9 Å². The Kier molecular flexibility index (Phi) is 4.07. The zero-order chi connectivity index (χ0) is 15.6. The summed E-state index contributed by atoms with van der Waals surface area (Å²) in [5, 5.41) is 9.26. The molecule has 0 amide bonds. The molecule has 0 aliphatic carbocycles. The summed E-state index contributed by atoms with van der Waals surface area (Å²) < 4.78 is 5.70. The van der Waals surface area contributed by atoms with Gasteiger partial charge in [-0.25, -0.2) is 14.8 Å². The van der Waals surface area contributed by atoms with Crippen molar-refractivity contribution in [1.29, 1.82) is 0 Å². The monoisotopic (exact) mass is 287 g/mol. The van der Waals surface area contributed by atoms with E-state index < -0.39 is 5.97 Å². The van der Waals surface area contributed by atoms with E-state index in [-0.39, 0.29) is 23.8 Å². The van der Waals surface area contributed by atoms with E-state index in [0.717, 1.165) is 11.1 Å². The molecule has 2 rings (SSSR count). The fraction of sp³-hybridized carbons (Fsp3) is 0.267. The molecular weight excluding hydrogens is 270 g/mol. The Morgan fingerprint density at radius 3 is 2.67 bits per heavy atom. The third-order valence-electron chi connectivity index (χ3n) is 3.10. The van der Waals surface area contributed by atoms with Crippen molar-refractivity contribution in [2.75, 3.05) is 5.73 Å². The number of benzene rings is 1. The van der Waals surface area contributed by atoms with Crippen LogP contribution in [0.4, 0.5) is 5.95 Å². The van der Waals surface area contributed by atoms with Gasteiger partial charge >= 0.3 is 5.97 Å². The van der Waals surface area contributed by atoms with Crippen molar-refractivity contribution in [3.05, 3.63) is 46.3 Å². The van der Waals surface area contributed by atoms with E-state index in [4.69, 9.17) is 10.5 Å². The van der Waals surface area contributed by atoms with Crippen LogP contribution in [-0.2, 0) is 6.61 Å². The van der Waals surface area contributed by atoms with E-state index >= 15 is 0 Å². The highest BCUT2D eigenvalue weighted by molar-refractivity contribution is 5.90. The molecule has 0 saturated carbocycles. The normalized spacial score (nSPS) is 10.4. The number of carboxylic acids is 1. The molecule has 0 saturated heterocycles. The third kappa shape index (κ3) is 3.28. The molecule has 0 radical (unpaired) electrons. The molecule has 0 aliphatic heterocycles. The molecule has 0 atom stereocenters. The maximum atomic E-state index is 11.3. The summed E-state index contributed by atoms with van der Waals surface area (Å²) in [6, 6.07) is 5.83. The average molecular weight is 287 g/mol. The molecular formula is C15H17N3O3. The van der Waals surface area contributed by atoms with Crippen LogP contribution in [0, 0.1) is 20.8 Å². The minimum atomic E-state index is -1.09. The Hall–Kier alpha value is -2.63. The van der Waals surface area contributed by atoms with Crippen LogP contribution in [0.5, 0.6) is 5.75 Å². The number of hydrogen-bond donors (Lipinski definition) is 2. The predicted molar refractivity (Wildman–Crippen MR) is 78.4 cm³/mol. The number of aromatic carboxylic acids is 1. The van der Waals surface area contributed by atoms with Gasteiger partial charge in [-0.05, 0) is 38.0 Å². The van der Waals surface area contributed by atoms with E-state index in [2.05, 4.69) is 9.97 Å². The number of rotatable bonds is 4. The summed E-state index contributed by atoms with van der Waals surface area (Å²) in [6.45, 7) is 5.50. The molecule has 1 heterocycles. The zero-order valence-electron chi connectivity index (χ0n) is 12.2. The fourth-order valence-corrected chi connectivity index (χ4v) is 2.05. The molecule has 2 aromatic rings. The van der Waals surface area contributed by atoms with Gasteiger partial charge in [-0.1, -0.05) is 12.1 Å². The SMILES string of the molecule is Cc1ccc(C)c(OCc2nc(N)nc(C)c2C(=O)O)c1. The minimum Gasteiger partial charge on any atom is -0.487 e. The summed E-state index contributed by atoms with van der Waals surface area (Å²) >= 11 is 0.